The first kappa shape index (κ1) is 32.3. The predicted molar refractivity (Wildman–Crippen MR) is 190 cm³/mol. The molecule has 0 aliphatic carbocycles. The SMILES string of the molecule is Cc1cc(=O)c2c(O)c3c(cc2o1)O[C@@]1(C)CCSSCc2c(ccnc2N)-c2cc(cc(N)n2)CC[C@H]2O[C@]24CCCC[C@H]3[C@H]1OC4=O. The first-order valence-corrected chi connectivity index (χ1v) is 19.2. The molecular weight excluding hydrogens is 665 g/mol. The van der Waals surface area contributed by atoms with Crippen molar-refractivity contribution in [2.24, 2.45) is 0 Å². The molecule has 4 aromatic rings. The van der Waals surface area contributed by atoms with E-state index >= 15 is 0 Å². The number of phenolic OH excluding ortho intramolecular Hbond substituents is 1. The number of nitrogens with two attached hydrogens (primary N) is 2. The lowest BCUT2D eigenvalue weighted by Gasteiger charge is -2.46. The minimum Gasteiger partial charge on any atom is -0.507 e. The summed E-state index contributed by atoms with van der Waals surface area (Å²) in [6.07, 6.45) is 5.06. The molecule has 0 amide bonds. The molecule has 7 heterocycles. The number of hydrogen-bond acceptors (Lipinski definition) is 13. The van der Waals surface area contributed by atoms with Crippen molar-refractivity contribution in [1.29, 1.82) is 0 Å². The first-order chi connectivity index (χ1) is 23.6. The number of pyridine rings is 2. The van der Waals surface area contributed by atoms with Crippen LogP contribution in [0.5, 0.6) is 11.5 Å². The van der Waals surface area contributed by atoms with E-state index in [4.69, 9.17) is 30.1 Å². The number of aromatic nitrogens is 2. The standard InChI is InChI=1S/C36H38N4O7S2/c1-18-13-24(41)30-25(44-18)16-26-29(31(30)42)21-5-3-4-9-36-27(47-36)7-6-19-14-23(40-28(37)15-19)20-8-11-39-33(38)22(20)17-49-48-12-10-35(2,46-26)32(21)45-34(36)43/h8,11,13-16,21,27,32,42H,3-7,9-10,12,17H2,1-2H3,(H2,37,40)(H2,38,39)/t21-,27-,32-,35+,36-/m1/s1. The smallest absolute Gasteiger partial charge is 0.341 e. The molecule has 2 fully saturated rings. The maximum absolute atomic E-state index is 14.2. The zero-order valence-electron chi connectivity index (χ0n) is 27.3. The second kappa shape index (κ2) is 12.1. The van der Waals surface area contributed by atoms with E-state index in [0.717, 1.165) is 35.2 Å². The van der Waals surface area contributed by atoms with Crippen LogP contribution in [0.15, 0.2) is 45.7 Å². The highest BCUT2D eigenvalue weighted by atomic mass is 33.1. The van der Waals surface area contributed by atoms with Gasteiger partial charge < -0.3 is 35.2 Å². The van der Waals surface area contributed by atoms with Crippen LogP contribution in [0.4, 0.5) is 11.6 Å². The number of carbonyl (C=O) groups excluding carboxylic acids is 1. The minimum absolute atomic E-state index is 0.103. The summed E-state index contributed by atoms with van der Waals surface area (Å²) >= 11 is 0. The maximum atomic E-state index is 14.2. The first-order valence-electron chi connectivity index (χ1n) is 16.7. The maximum Gasteiger partial charge on any atom is 0.341 e. The lowest BCUT2D eigenvalue weighted by atomic mass is 9.76. The average molecular weight is 703 g/mol. The number of anilines is 2. The number of nitrogen functional groups attached to an aromatic ring is 2. The molecule has 4 bridgehead atoms. The quantitative estimate of drug-likeness (QED) is 0.107. The van der Waals surface area contributed by atoms with Crippen LogP contribution in [0, 0.1) is 6.92 Å². The van der Waals surface area contributed by atoms with Gasteiger partial charge in [-0.1, -0.05) is 28.0 Å². The van der Waals surface area contributed by atoms with Crippen LogP contribution in [-0.4, -0.2) is 50.2 Å². The summed E-state index contributed by atoms with van der Waals surface area (Å²) in [5.74, 6) is 1.99. The fraction of sp³-hybridized carbons (Fsp3) is 0.444. The number of aryl methyl sites for hydroxylation is 2. The Hall–Kier alpha value is -3.94. The van der Waals surface area contributed by atoms with Crippen molar-refractivity contribution in [1.82, 2.24) is 9.97 Å². The summed E-state index contributed by atoms with van der Waals surface area (Å²) < 4.78 is 25.4. The van der Waals surface area contributed by atoms with E-state index in [0.29, 0.717) is 72.3 Å². The molecule has 2 saturated heterocycles. The number of nitrogens with zero attached hydrogens (tertiary/aromatic N) is 2. The summed E-state index contributed by atoms with van der Waals surface area (Å²) in [5, 5.41) is 11.8. The topological polar surface area (TPSA) is 176 Å². The number of phenols is 1. The van der Waals surface area contributed by atoms with Gasteiger partial charge in [-0.15, -0.1) is 0 Å². The van der Waals surface area contributed by atoms with Gasteiger partial charge in [0.05, 0.1) is 11.8 Å². The molecule has 0 unspecified atom stereocenters. The lowest BCUT2D eigenvalue weighted by molar-refractivity contribution is -0.172. The molecule has 49 heavy (non-hydrogen) atoms. The molecule has 0 radical (unpaired) electrons. The number of rotatable bonds is 0. The number of benzene rings is 1. The van der Waals surface area contributed by atoms with Gasteiger partial charge in [0.2, 0.25) is 0 Å². The van der Waals surface area contributed by atoms with E-state index < -0.39 is 29.2 Å². The van der Waals surface area contributed by atoms with E-state index in [9.17, 15) is 14.7 Å². The Morgan fingerprint density at radius 2 is 1.92 bits per heavy atom. The lowest BCUT2D eigenvalue weighted by Crippen LogP contribution is -2.54. The fourth-order valence-electron chi connectivity index (χ4n) is 7.92. The normalized spacial score (nSPS) is 28.3. The van der Waals surface area contributed by atoms with Crippen LogP contribution in [0.25, 0.3) is 22.2 Å². The number of aromatic hydroxyl groups is 1. The molecule has 11 nitrogen and oxygen atoms in total. The Morgan fingerprint density at radius 1 is 1.06 bits per heavy atom. The highest BCUT2D eigenvalue weighted by molar-refractivity contribution is 8.76. The minimum atomic E-state index is -1.05. The molecule has 13 heteroatoms. The molecule has 5 atom stereocenters. The molecule has 256 valence electrons. The van der Waals surface area contributed by atoms with Gasteiger partial charge in [0, 0.05) is 58.9 Å². The number of ether oxygens (including phenoxy) is 3. The molecule has 8 rings (SSSR count). The van der Waals surface area contributed by atoms with Crippen molar-refractivity contribution in [3.05, 3.63) is 69.2 Å². The highest BCUT2D eigenvalue weighted by Crippen LogP contribution is 2.55. The van der Waals surface area contributed by atoms with Crippen LogP contribution < -0.4 is 21.6 Å². The monoisotopic (exact) mass is 702 g/mol. The molecule has 3 aromatic heterocycles. The van der Waals surface area contributed by atoms with E-state index in [1.807, 2.05) is 25.1 Å². The molecule has 5 N–H and O–H groups in total. The summed E-state index contributed by atoms with van der Waals surface area (Å²) in [6.45, 7) is 3.66. The van der Waals surface area contributed by atoms with Crippen molar-refractivity contribution in [2.45, 2.75) is 93.9 Å². The molecule has 1 aromatic carbocycles. The molecule has 0 saturated carbocycles. The molecule has 4 aliphatic heterocycles. The number of fused-ring (bicyclic) bond motifs is 8. The van der Waals surface area contributed by atoms with Gasteiger partial charge in [-0.3, -0.25) is 4.79 Å². The van der Waals surface area contributed by atoms with Crippen molar-refractivity contribution in [2.75, 3.05) is 17.2 Å². The summed E-state index contributed by atoms with van der Waals surface area (Å²) in [6, 6.07) is 8.87. The van der Waals surface area contributed by atoms with Crippen LogP contribution in [-0.2, 0) is 26.4 Å². The van der Waals surface area contributed by atoms with Crippen LogP contribution in [0.2, 0.25) is 0 Å². The Kier molecular flexibility index (Phi) is 7.99. The number of epoxide rings is 1. The zero-order chi connectivity index (χ0) is 34.1. The van der Waals surface area contributed by atoms with Crippen molar-refractivity contribution in [3.8, 4) is 22.8 Å². The van der Waals surface area contributed by atoms with Crippen LogP contribution in [0.3, 0.4) is 0 Å². The highest BCUT2D eigenvalue weighted by Gasteiger charge is 2.64. The summed E-state index contributed by atoms with van der Waals surface area (Å²) in [4.78, 5) is 36.3. The molecule has 4 aliphatic rings. The largest absolute Gasteiger partial charge is 0.507 e. The second-order valence-electron chi connectivity index (χ2n) is 13.7. The van der Waals surface area contributed by atoms with Crippen molar-refractivity contribution in [3.63, 3.8) is 0 Å². The van der Waals surface area contributed by atoms with Gasteiger partial charge in [-0.2, -0.15) is 0 Å². The zero-order valence-corrected chi connectivity index (χ0v) is 29.0. The third kappa shape index (κ3) is 5.59. The van der Waals surface area contributed by atoms with Gasteiger partial charge in [-0.25, -0.2) is 14.8 Å². The van der Waals surface area contributed by atoms with E-state index in [1.165, 1.54) is 6.07 Å². The predicted octanol–water partition coefficient (Wildman–Crippen LogP) is 6.20. The Balaban J connectivity index is 1.20. The third-order valence-corrected chi connectivity index (χ3v) is 12.7. The number of hydrogen-bond donors (Lipinski definition) is 3. The van der Waals surface area contributed by atoms with Crippen LogP contribution >= 0.6 is 21.6 Å². The van der Waals surface area contributed by atoms with Crippen molar-refractivity contribution >= 4 is 50.2 Å². The van der Waals surface area contributed by atoms with Crippen molar-refractivity contribution < 1.29 is 28.5 Å². The summed E-state index contributed by atoms with van der Waals surface area (Å²) in [5.41, 5.74) is 14.6. The Morgan fingerprint density at radius 3 is 2.78 bits per heavy atom. The van der Waals surface area contributed by atoms with Gasteiger partial charge in [0.1, 0.15) is 51.6 Å². The van der Waals surface area contributed by atoms with E-state index in [1.54, 1.807) is 40.8 Å². The third-order valence-electron chi connectivity index (χ3n) is 10.4. The van der Waals surface area contributed by atoms with E-state index in [-0.39, 0.29) is 28.3 Å². The van der Waals surface area contributed by atoms with Gasteiger partial charge in [-0.05, 0) is 69.7 Å². The second-order valence-corrected chi connectivity index (χ2v) is 16.3. The molecular formula is C36H38N4O7S2. The summed E-state index contributed by atoms with van der Waals surface area (Å²) in [7, 11) is 3.31. The van der Waals surface area contributed by atoms with Gasteiger partial charge in [0.15, 0.2) is 11.0 Å². The Bertz CT molecular complexity index is 2060. The Labute approximate surface area is 290 Å². The fourth-order valence-corrected chi connectivity index (χ4v) is 10.2. The van der Waals surface area contributed by atoms with Gasteiger partial charge >= 0.3 is 5.97 Å². The van der Waals surface area contributed by atoms with E-state index in [2.05, 4.69) is 9.97 Å². The number of esters is 1. The molecule has 1 spiro atoms. The van der Waals surface area contributed by atoms with Crippen LogP contribution in [0.1, 0.15) is 73.8 Å². The number of carbonyl (C=O) groups is 1. The average Bonchev–Trinajstić information content (AvgIpc) is 3.75. The van der Waals surface area contributed by atoms with Gasteiger partial charge in [0.25, 0.3) is 0 Å².